The SMILES string of the molecule is CCNC(c1cc(Br)c(Cl)s1)c1sccc1OC. The summed E-state index contributed by atoms with van der Waals surface area (Å²) >= 11 is 12.9. The summed E-state index contributed by atoms with van der Waals surface area (Å²) in [5, 5.41) is 5.52. The van der Waals surface area contributed by atoms with Crippen LogP contribution in [0, 0.1) is 0 Å². The monoisotopic (exact) mass is 365 g/mol. The predicted molar refractivity (Wildman–Crippen MR) is 83.4 cm³/mol. The minimum Gasteiger partial charge on any atom is -0.496 e. The topological polar surface area (TPSA) is 21.3 Å². The Morgan fingerprint density at radius 1 is 1.56 bits per heavy atom. The Bertz CT molecular complexity index is 506. The van der Waals surface area contributed by atoms with Gasteiger partial charge in [-0.05, 0) is 40.0 Å². The maximum absolute atomic E-state index is 6.12. The summed E-state index contributed by atoms with van der Waals surface area (Å²) < 4.78 is 7.13. The number of hydrogen-bond acceptors (Lipinski definition) is 4. The molecule has 0 spiro atoms. The number of hydrogen-bond donors (Lipinski definition) is 1. The van der Waals surface area contributed by atoms with E-state index in [9.17, 15) is 0 Å². The Kier molecular flexibility index (Phi) is 5.09. The van der Waals surface area contributed by atoms with Crippen LogP contribution in [0.3, 0.4) is 0 Å². The van der Waals surface area contributed by atoms with E-state index in [-0.39, 0.29) is 6.04 Å². The summed E-state index contributed by atoms with van der Waals surface area (Å²) in [6.07, 6.45) is 0. The van der Waals surface area contributed by atoms with Gasteiger partial charge in [0.2, 0.25) is 0 Å². The smallest absolute Gasteiger partial charge is 0.134 e. The molecule has 1 N–H and O–H groups in total. The summed E-state index contributed by atoms with van der Waals surface area (Å²) in [7, 11) is 1.70. The number of nitrogens with one attached hydrogen (secondary N) is 1. The van der Waals surface area contributed by atoms with Crippen LogP contribution >= 0.6 is 50.2 Å². The quantitative estimate of drug-likeness (QED) is 0.810. The van der Waals surface area contributed by atoms with Crippen molar-refractivity contribution in [2.75, 3.05) is 13.7 Å². The predicted octanol–water partition coefficient (Wildman–Crippen LogP) is 4.93. The largest absolute Gasteiger partial charge is 0.496 e. The van der Waals surface area contributed by atoms with Crippen molar-refractivity contribution in [2.24, 2.45) is 0 Å². The Morgan fingerprint density at radius 2 is 2.33 bits per heavy atom. The van der Waals surface area contributed by atoms with Crippen LogP contribution in [0.2, 0.25) is 4.34 Å². The van der Waals surface area contributed by atoms with E-state index in [4.69, 9.17) is 16.3 Å². The highest BCUT2D eigenvalue weighted by Crippen LogP contribution is 2.41. The molecule has 0 aliphatic heterocycles. The van der Waals surface area contributed by atoms with E-state index in [1.807, 2.05) is 11.4 Å². The maximum atomic E-state index is 6.12. The molecular formula is C12H13BrClNOS2. The molecule has 18 heavy (non-hydrogen) atoms. The molecule has 2 aromatic heterocycles. The second-order valence-corrected chi connectivity index (χ2v) is 7.10. The average Bonchev–Trinajstić information content (AvgIpc) is 2.94. The van der Waals surface area contributed by atoms with Crippen molar-refractivity contribution in [3.63, 3.8) is 0 Å². The van der Waals surface area contributed by atoms with E-state index < -0.39 is 0 Å². The molecule has 0 aliphatic carbocycles. The van der Waals surface area contributed by atoms with Gasteiger partial charge in [0.05, 0.1) is 18.0 Å². The molecule has 1 unspecified atom stereocenters. The zero-order valence-corrected chi connectivity index (χ0v) is 14.0. The third kappa shape index (κ3) is 2.91. The fourth-order valence-electron chi connectivity index (χ4n) is 1.72. The Hall–Kier alpha value is -0.0700. The molecule has 0 fully saturated rings. The van der Waals surface area contributed by atoms with Crippen molar-refractivity contribution in [1.29, 1.82) is 0 Å². The summed E-state index contributed by atoms with van der Waals surface area (Å²) in [5.74, 6) is 0.923. The van der Waals surface area contributed by atoms with Gasteiger partial charge in [0.15, 0.2) is 0 Å². The third-order valence-electron chi connectivity index (χ3n) is 2.50. The Labute approximate surface area is 128 Å². The van der Waals surface area contributed by atoms with Crippen LogP contribution in [0.4, 0.5) is 0 Å². The van der Waals surface area contributed by atoms with E-state index in [1.54, 1.807) is 29.8 Å². The lowest BCUT2D eigenvalue weighted by Crippen LogP contribution is -2.20. The first-order chi connectivity index (χ1) is 8.67. The van der Waals surface area contributed by atoms with Gasteiger partial charge < -0.3 is 10.1 Å². The molecule has 0 bridgehead atoms. The van der Waals surface area contributed by atoms with Crippen LogP contribution in [0.1, 0.15) is 22.7 Å². The number of rotatable bonds is 5. The molecule has 0 amide bonds. The minimum atomic E-state index is 0.138. The first-order valence-electron chi connectivity index (χ1n) is 5.46. The molecular weight excluding hydrogens is 354 g/mol. The van der Waals surface area contributed by atoms with Gasteiger partial charge in [-0.3, -0.25) is 0 Å². The lowest BCUT2D eigenvalue weighted by atomic mass is 10.2. The first-order valence-corrected chi connectivity index (χ1v) is 8.33. The van der Waals surface area contributed by atoms with Gasteiger partial charge in [0.1, 0.15) is 10.1 Å². The van der Waals surface area contributed by atoms with Crippen LogP contribution < -0.4 is 10.1 Å². The third-order valence-corrected chi connectivity index (χ3v) is 6.00. The van der Waals surface area contributed by atoms with Crippen molar-refractivity contribution in [1.82, 2.24) is 5.32 Å². The normalized spacial score (nSPS) is 12.7. The van der Waals surface area contributed by atoms with Crippen LogP contribution in [-0.2, 0) is 0 Å². The average molecular weight is 367 g/mol. The van der Waals surface area contributed by atoms with E-state index in [2.05, 4.69) is 34.2 Å². The second-order valence-electron chi connectivity index (χ2n) is 3.61. The lowest BCUT2D eigenvalue weighted by molar-refractivity contribution is 0.408. The summed E-state index contributed by atoms with van der Waals surface area (Å²) in [5.41, 5.74) is 0. The van der Waals surface area contributed by atoms with E-state index in [0.717, 1.165) is 21.1 Å². The molecule has 1 atom stereocenters. The molecule has 2 rings (SSSR count). The van der Waals surface area contributed by atoms with E-state index >= 15 is 0 Å². The zero-order chi connectivity index (χ0) is 13.1. The lowest BCUT2D eigenvalue weighted by Gasteiger charge is -2.16. The number of halogens is 2. The fraction of sp³-hybridized carbons (Fsp3) is 0.333. The molecule has 2 heterocycles. The molecule has 98 valence electrons. The van der Waals surface area contributed by atoms with Gasteiger partial charge in [0, 0.05) is 9.35 Å². The highest BCUT2D eigenvalue weighted by atomic mass is 79.9. The molecule has 6 heteroatoms. The Balaban J connectivity index is 2.39. The van der Waals surface area contributed by atoms with Gasteiger partial charge in [-0.25, -0.2) is 0 Å². The van der Waals surface area contributed by atoms with Gasteiger partial charge in [0.25, 0.3) is 0 Å². The van der Waals surface area contributed by atoms with Crippen molar-refractivity contribution < 1.29 is 4.74 Å². The molecule has 0 radical (unpaired) electrons. The van der Waals surface area contributed by atoms with Gasteiger partial charge in [-0.15, -0.1) is 22.7 Å². The van der Waals surface area contributed by atoms with Gasteiger partial charge in [-0.1, -0.05) is 18.5 Å². The van der Waals surface area contributed by atoms with Crippen molar-refractivity contribution >= 4 is 50.2 Å². The van der Waals surface area contributed by atoms with Crippen LogP contribution in [0.5, 0.6) is 5.75 Å². The van der Waals surface area contributed by atoms with Crippen molar-refractivity contribution in [2.45, 2.75) is 13.0 Å². The number of ether oxygens (including phenoxy) is 1. The standard InChI is InChI=1S/C12H13BrClNOS2/c1-3-15-10(9-6-7(13)12(14)18-9)11-8(16-2)4-5-17-11/h4-6,10,15H,3H2,1-2H3. The Morgan fingerprint density at radius 3 is 2.89 bits per heavy atom. The molecule has 2 aromatic rings. The zero-order valence-electron chi connectivity index (χ0n) is 10.00. The second kappa shape index (κ2) is 6.39. The van der Waals surface area contributed by atoms with Crippen molar-refractivity contribution in [3.05, 3.63) is 36.1 Å². The van der Waals surface area contributed by atoms with Crippen molar-refractivity contribution in [3.8, 4) is 5.75 Å². The first kappa shape index (κ1) is 14.3. The van der Waals surface area contributed by atoms with Gasteiger partial charge >= 0.3 is 0 Å². The van der Waals surface area contributed by atoms with Gasteiger partial charge in [-0.2, -0.15) is 0 Å². The fourth-order valence-corrected chi connectivity index (χ4v) is 4.57. The molecule has 0 aromatic carbocycles. The molecule has 2 nitrogen and oxygen atoms in total. The highest BCUT2D eigenvalue weighted by Gasteiger charge is 2.21. The van der Waals surface area contributed by atoms with E-state index in [0.29, 0.717) is 0 Å². The van der Waals surface area contributed by atoms with Crippen LogP contribution in [-0.4, -0.2) is 13.7 Å². The highest BCUT2D eigenvalue weighted by molar-refractivity contribution is 9.10. The summed E-state index contributed by atoms with van der Waals surface area (Å²) in [6, 6.07) is 4.20. The van der Waals surface area contributed by atoms with Crippen LogP contribution in [0.15, 0.2) is 22.0 Å². The number of methoxy groups -OCH3 is 1. The molecule has 0 saturated heterocycles. The number of thiophene rings is 2. The molecule has 0 saturated carbocycles. The summed E-state index contributed by atoms with van der Waals surface area (Å²) in [4.78, 5) is 2.37. The molecule has 0 aliphatic rings. The van der Waals surface area contributed by atoms with E-state index in [1.165, 1.54) is 9.75 Å². The maximum Gasteiger partial charge on any atom is 0.134 e. The summed E-state index contributed by atoms with van der Waals surface area (Å²) in [6.45, 7) is 2.98. The minimum absolute atomic E-state index is 0.138. The van der Waals surface area contributed by atoms with Crippen LogP contribution in [0.25, 0.3) is 0 Å².